The smallest absolute Gasteiger partial charge is 0.000637 e. The van der Waals surface area contributed by atoms with E-state index in [-0.39, 0.29) is 24.0 Å². The Kier molecular flexibility index (Phi) is 6.82. The number of hydrogen-bond donors (Lipinski definition) is 0. The third-order valence-electron chi connectivity index (χ3n) is 4.85. The minimum atomic E-state index is -1.78. The van der Waals surface area contributed by atoms with E-state index < -0.39 is 7.26 Å². The van der Waals surface area contributed by atoms with Crippen LogP contribution in [0.3, 0.4) is 0 Å². The van der Waals surface area contributed by atoms with Crippen LogP contribution in [-0.2, 0) is 6.16 Å². The zero-order valence-electron chi connectivity index (χ0n) is 15.1. The van der Waals surface area contributed by atoms with Crippen molar-refractivity contribution in [1.82, 2.24) is 0 Å². The average Bonchev–Trinajstić information content (AvgIpc) is 2.75. The molecule has 0 fully saturated rings. The van der Waals surface area contributed by atoms with Crippen molar-refractivity contribution in [2.24, 2.45) is 0 Å². The molecular formula is C25H23IP. The lowest BCUT2D eigenvalue weighted by atomic mass is 10.2. The van der Waals surface area contributed by atoms with Gasteiger partial charge in [-0.25, -0.2) is 0 Å². The lowest BCUT2D eigenvalue weighted by Crippen LogP contribution is -2.32. The molecule has 4 rings (SSSR count). The van der Waals surface area contributed by atoms with Crippen molar-refractivity contribution in [3.05, 3.63) is 127 Å². The normalized spacial score (nSPS) is 10.8. The highest BCUT2D eigenvalue weighted by Gasteiger charge is 2.33. The summed E-state index contributed by atoms with van der Waals surface area (Å²) in [4.78, 5) is 0. The number of hydrogen-bond acceptors (Lipinski definition) is 0. The third-order valence-corrected chi connectivity index (χ3v) is 9.23. The summed E-state index contributed by atoms with van der Waals surface area (Å²) in [5.41, 5.74) is 1.39. The number of rotatable bonds is 5. The van der Waals surface area contributed by atoms with E-state index in [9.17, 15) is 0 Å². The molecule has 0 N–H and O–H groups in total. The molecule has 2 heteroatoms. The minimum absolute atomic E-state index is 0. The van der Waals surface area contributed by atoms with Crippen LogP contribution >= 0.6 is 31.2 Å². The zero-order chi connectivity index (χ0) is 17.7. The van der Waals surface area contributed by atoms with Gasteiger partial charge in [0.1, 0.15) is 0 Å². The fourth-order valence-electron chi connectivity index (χ4n) is 3.63. The molecule has 0 amide bonds. The first-order valence-corrected chi connectivity index (χ1v) is 11.0. The predicted molar refractivity (Wildman–Crippen MR) is 131 cm³/mol. The minimum Gasteiger partial charge on any atom is -0.107 e. The lowest BCUT2D eigenvalue weighted by Gasteiger charge is -2.38. The van der Waals surface area contributed by atoms with E-state index in [4.69, 9.17) is 0 Å². The van der Waals surface area contributed by atoms with Crippen LogP contribution in [0.2, 0.25) is 0 Å². The molecular weight excluding hydrogens is 458 g/mol. The molecule has 4 aromatic carbocycles. The highest BCUT2D eigenvalue weighted by atomic mass is 127. The van der Waals surface area contributed by atoms with Crippen LogP contribution in [0.15, 0.2) is 121 Å². The number of benzene rings is 4. The Morgan fingerprint density at radius 2 is 0.704 bits per heavy atom. The van der Waals surface area contributed by atoms with Gasteiger partial charge in [0.05, 0.1) is 0 Å². The van der Waals surface area contributed by atoms with E-state index in [1.54, 1.807) is 0 Å². The van der Waals surface area contributed by atoms with Gasteiger partial charge in [-0.05, 0) is 28.7 Å². The monoisotopic (exact) mass is 481 g/mol. The summed E-state index contributed by atoms with van der Waals surface area (Å²) in [7, 11) is -1.78. The second kappa shape index (κ2) is 9.30. The molecule has 27 heavy (non-hydrogen) atoms. The molecule has 0 aromatic heterocycles. The molecule has 0 atom stereocenters. The fraction of sp³-hybridized carbons (Fsp3) is 0.0400. The van der Waals surface area contributed by atoms with Crippen molar-refractivity contribution in [3.8, 4) is 0 Å². The van der Waals surface area contributed by atoms with E-state index in [1.165, 1.54) is 21.5 Å². The SMILES string of the molecule is I.c1ccc(C[P](c2ccccc2)(c2ccccc2)c2ccccc2)cc1. The van der Waals surface area contributed by atoms with E-state index in [1.807, 2.05) is 0 Å². The van der Waals surface area contributed by atoms with Gasteiger partial charge in [0.15, 0.2) is 0 Å². The molecule has 4 aromatic rings. The van der Waals surface area contributed by atoms with Crippen LogP contribution in [0.5, 0.6) is 0 Å². The van der Waals surface area contributed by atoms with Gasteiger partial charge in [0, 0.05) is 6.16 Å². The first-order valence-electron chi connectivity index (χ1n) is 8.98. The summed E-state index contributed by atoms with van der Waals surface area (Å²) in [6.07, 6.45) is 1.03. The van der Waals surface area contributed by atoms with Crippen molar-refractivity contribution in [2.75, 3.05) is 0 Å². The predicted octanol–water partition coefficient (Wildman–Crippen LogP) is 5.80. The second-order valence-corrected chi connectivity index (χ2v) is 9.95. The molecule has 0 unspecified atom stereocenters. The quantitative estimate of drug-likeness (QED) is 0.250. The summed E-state index contributed by atoms with van der Waals surface area (Å²) in [6.45, 7) is 0. The van der Waals surface area contributed by atoms with Gasteiger partial charge in [-0.2, -0.15) is 0 Å². The van der Waals surface area contributed by atoms with Crippen LogP contribution in [0, 0.1) is 0 Å². The Hall–Kier alpha value is -1.96. The fourth-order valence-corrected chi connectivity index (χ4v) is 7.87. The van der Waals surface area contributed by atoms with E-state index in [2.05, 4.69) is 121 Å². The van der Waals surface area contributed by atoms with Gasteiger partial charge < -0.3 is 0 Å². The molecule has 0 heterocycles. The van der Waals surface area contributed by atoms with E-state index in [0.29, 0.717) is 0 Å². The molecule has 135 valence electrons. The Bertz CT molecular complexity index is 842. The highest BCUT2D eigenvalue weighted by molar-refractivity contribution is 14.0. The van der Waals surface area contributed by atoms with Gasteiger partial charge in [-0.1, -0.05) is 121 Å². The summed E-state index contributed by atoms with van der Waals surface area (Å²) < 4.78 is 0. The highest BCUT2D eigenvalue weighted by Crippen LogP contribution is 2.58. The Labute approximate surface area is 179 Å². The molecule has 1 radical (unpaired) electrons. The molecule has 0 saturated carbocycles. The van der Waals surface area contributed by atoms with Crippen molar-refractivity contribution in [2.45, 2.75) is 6.16 Å². The largest absolute Gasteiger partial charge is 0.107 e. The summed E-state index contributed by atoms with van der Waals surface area (Å²) >= 11 is 0. The maximum Gasteiger partial charge on any atom is 0.000637 e. The first kappa shape index (κ1) is 19.8. The van der Waals surface area contributed by atoms with Gasteiger partial charge in [-0.3, -0.25) is 0 Å². The van der Waals surface area contributed by atoms with Crippen molar-refractivity contribution >= 4 is 47.2 Å². The van der Waals surface area contributed by atoms with Crippen LogP contribution in [0.1, 0.15) is 5.56 Å². The summed E-state index contributed by atoms with van der Waals surface area (Å²) in [5, 5.41) is 4.30. The Morgan fingerprint density at radius 3 is 1.04 bits per heavy atom. The molecule has 0 bridgehead atoms. The average molecular weight is 481 g/mol. The molecule has 0 aliphatic heterocycles. The van der Waals surface area contributed by atoms with Crippen LogP contribution in [0.25, 0.3) is 0 Å². The van der Waals surface area contributed by atoms with Gasteiger partial charge in [-0.15, -0.1) is 24.0 Å². The molecule has 0 spiro atoms. The third kappa shape index (κ3) is 4.15. The van der Waals surface area contributed by atoms with Crippen LogP contribution in [0.4, 0.5) is 0 Å². The second-order valence-electron chi connectivity index (χ2n) is 6.46. The van der Waals surface area contributed by atoms with Gasteiger partial charge in [0.25, 0.3) is 0 Å². The molecule has 0 nitrogen and oxygen atoms in total. The molecule has 0 aliphatic rings. The van der Waals surface area contributed by atoms with Crippen molar-refractivity contribution in [1.29, 1.82) is 0 Å². The standard InChI is InChI=1S/C25H22P.HI/c1-5-13-22(14-6-1)21-26(23-15-7-2-8-16-23,24-17-9-3-10-18-24)25-19-11-4-12-20-25;/h1-20H,21H2;1H. The molecule has 0 saturated heterocycles. The van der Waals surface area contributed by atoms with Crippen molar-refractivity contribution in [3.63, 3.8) is 0 Å². The van der Waals surface area contributed by atoms with Gasteiger partial charge in [0.2, 0.25) is 0 Å². The van der Waals surface area contributed by atoms with Gasteiger partial charge >= 0.3 is 0 Å². The van der Waals surface area contributed by atoms with E-state index in [0.717, 1.165) is 6.16 Å². The van der Waals surface area contributed by atoms with E-state index >= 15 is 0 Å². The van der Waals surface area contributed by atoms with Crippen LogP contribution < -0.4 is 15.9 Å². The zero-order valence-corrected chi connectivity index (χ0v) is 18.3. The lowest BCUT2D eigenvalue weighted by molar-refractivity contribution is 1.39. The Balaban J connectivity index is 0.00000210. The maximum atomic E-state index is 2.30. The van der Waals surface area contributed by atoms with Crippen molar-refractivity contribution < 1.29 is 0 Å². The number of halogens is 1. The first-order chi connectivity index (χ1) is 12.9. The summed E-state index contributed by atoms with van der Waals surface area (Å²) in [6, 6.07) is 44.0. The van der Waals surface area contributed by atoms with Crippen LogP contribution in [-0.4, -0.2) is 0 Å². The topological polar surface area (TPSA) is 0 Å². The Morgan fingerprint density at radius 1 is 0.407 bits per heavy atom. The summed E-state index contributed by atoms with van der Waals surface area (Å²) in [5.74, 6) is 0. The maximum absolute atomic E-state index is 2.30. The molecule has 0 aliphatic carbocycles.